The van der Waals surface area contributed by atoms with Gasteiger partial charge >= 0.3 is 0 Å². The Morgan fingerprint density at radius 1 is 0.909 bits per heavy atom. The molecule has 0 saturated carbocycles. The van der Waals surface area contributed by atoms with Crippen LogP contribution in [0.25, 0.3) is 12.8 Å². The lowest BCUT2D eigenvalue weighted by Crippen LogP contribution is -2.29. The molecule has 0 fully saturated rings. The summed E-state index contributed by atoms with van der Waals surface area (Å²) in [6.45, 7) is 4.23. The van der Waals surface area contributed by atoms with Crippen LogP contribution in [-0.2, 0) is 13.1 Å². The molecule has 3 aromatic rings. The summed E-state index contributed by atoms with van der Waals surface area (Å²) in [6, 6.07) is 14.4. The van der Waals surface area contributed by atoms with Gasteiger partial charge < -0.3 is 10.2 Å². The minimum atomic E-state index is -0.497. The zero-order valence-corrected chi connectivity index (χ0v) is 19.1. The smallest absolute Gasteiger partial charge is 0.275 e. The first kappa shape index (κ1) is 24.0. The van der Waals surface area contributed by atoms with Crippen molar-refractivity contribution in [1.82, 2.24) is 5.32 Å². The van der Waals surface area contributed by atoms with Crippen LogP contribution < -0.4 is 20.7 Å². The zero-order chi connectivity index (χ0) is 24.1. The Morgan fingerprint density at radius 3 is 1.88 bits per heavy atom. The molecule has 0 spiro atoms. The monoisotopic (exact) mass is 486 g/mol. The topological polar surface area (TPSA) is 102 Å². The van der Waals surface area contributed by atoms with Crippen LogP contribution in [0.3, 0.4) is 0 Å². The fourth-order valence-corrected chi connectivity index (χ4v) is 3.73. The van der Waals surface area contributed by atoms with Crippen LogP contribution in [0.15, 0.2) is 54.6 Å². The first-order valence-corrected chi connectivity index (χ1v) is 10.5. The lowest BCUT2D eigenvalue weighted by molar-refractivity contribution is -0.385. The van der Waals surface area contributed by atoms with E-state index in [9.17, 15) is 20.2 Å². The van der Waals surface area contributed by atoms with Crippen molar-refractivity contribution in [2.24, 2.45) is 0 Å². The lowest BCUT2D eigenvalue weighted by atomic mass is 10.1. The quantitative estimate of drug-likeness (QED) is 0.374. The average Bonchev–Trinajstić information content (AvgIpc) is 2.77. The molecule has 8 nitrogen and oxygen atoms in total. The van der Waals surface area contributed by atoms with Crippen LogP contribution in [0.2, 0.25) is 10.0 Å². The van der Waals surface area contributed by atoms with Gasteiger partial charge in [-0.2, -0.15) is 0 Å². The first-order chi connectivity index (χ1) is 15.7. The van der Waals surface area contributed by atoms with E-state index in [0.29, 0.717) is 16.8 Å². The number of anilines is 1. The molecule has 0 heterocycles. The number of nitro benzene ring substituents is 2. The normalized spacial score (nSPS) is 11.3. The summed E-state index contributed by atoms with van der Waals surface area (Å²) in [5.41, 5.74) is 1.28. The fraction of sp³-hybridized carbons (Fsp3) is 0.130. The Balaban J connectivity index is 2.14. The third-order valence-corrected chi connectivity index (χ3v) is 5.48. The molecule has 0 saturated heterocycles. The van der Waals surface area contributed by atoms with Gasteiger partial charge in [0.05, 0.1) is 22.9 Å². The highest BCUT2D eigenvalue weighted by atomic mass is 35.5. The van der Waals surface area contributed by atoms with Gasteiger partial charge in [0.15, 0.2) is 0 Å². The van der Waals surface area contributed by atoms with Crippen molar-refractivity contribution in [3.63, 3.8) is 0 Å². The molecular weight excluding hydrogens is 467 g/mol. The molecule has 0 aromatic heterocycles. The van der Waals surface area contributed by atoms with Gasteiger partial charge in [-0.05, 0) is 46.8 Å². The molecule has 0 radical (unpaired) electrons. The number of rotatable bonds is 8. The number of nitrogens with zero attached hydrogens (tertiary/aromatic N) is 3. The molecule has 0 atom stereocenters. The Morgan fingerprint density at radius 2 is 1.42 bits per heavy atom. The van der Waals surface area contributed by atoms with Crippen molar-refractivity contribution in [3.8, 4) is 0 Å². The maximum absolute atomic E-state index is 11.6. The fourth-order valence-electron chi connectivity index (χ4n) is 3.40. The van der Waals surface area contributed by atoms with Crippen LogP contribution in [-0.4, -0.2) is 16.9 Å². The van der Waals surface area contributed by atoms with Crippen LogP contribution in [0.4, 0.5) is 17.1 Å². The van der Waals surface area contributed by atoms with E-state index in [0.717, 1.165) is 10.4 Å². The van der Waals surface area contributed by atoms with Crippen LogP contribution in [0, 0.1) is 20.2 Å². The van der Waals surface area contributed by atoms with Gasteiger partial charge in [-0.15, -0.1) is 0 Å². The SMILES string of the molecule is C=c1ccc(N(Cc2ccc(Cl)cc2[N+](=O)[O-])Cc2ccc(Cl)cc2[N+](=O)[O-])c/c1=C/NC. The number of benzene rings is 3. The summed E-state index contributed by atoms with van der Waals surface area (Å²) in [6.07, 6.45) is 1.78. The predicted molar refractivity (Wildman–Crippen MR) is 131 cm³/mol. The Hall–Kier alpha value is -3.62. The summed E-state index contributed by atoms with van der Waals surface area (Å²) >= 11 is 11.9. The molecule has 3 aromatic carbocycles. The number of hydrogen-bond donors (Lipinski definition) is 1. The first-order valence-electron chi connectivity index (χ1n) is 9.76. The molecular formula is C23H20Cl2N4O4. The van der Waals surface area contributed by atoms with E-state index in [4.69, 9.17) is 23.2 Å². The summed E-state index contributed by atoms with van der Waals surface area (Å²) < 4.78 is 0. The molecule has 0 aliphatic rings. The summed E-state index contributed by atoms with van der Waals surface area (Å²) in [4.78, 5) is 24.1. The zero-order valence-electron chi connectivity index (χ0n) is 17.6. The Bertz CT molecular complexity index is 1270. The average molecular weight is 487 g/mol. The van der Waals surface area contributed by atoms with Gasteiger partial charge in [-0.3, -0.25) is 20.2 Å². The minimum Gasteiger partial charge on any atom is -0.393 e. The molecule has 0 amide bonds. The third kappa shape index (κ3) is 5.79. The van der Waals surface area contributed by atoms with Crippen molar-refractivity contribution in [3.05, 3.63) is 106 Å². The van der Waals surface area contributed by atoms with Gasteiger partial charge in [0.2, 0.25) is 0 Å². The van der Waals surface area contributed by atoms with E-state index in [1.54, 1.807) is 37.5 Å². The highest BCUT2D eigenvalue weighted by Gasteiger charge is 2.21. The molecule has 1 N–H and O–H groups in total. The van der Waals surface area contributed by atoms with E-state index >= 15 is 0 Å². The second kappa shape index (κ2) is 10.3. The van der Waals surface area contributed by atoms with Crippen LogP contribution >= 0.6 is 23.2 Å². The van der Waals surface area contributed by atoms with Gasteiger partial charge in [0.25, 0.3) is 11.4 Å². The summed E-state index contributed by atoms with van der Waals surface area (Å²) in [5, 5.41) is 28.3. The van der Waals surface area contributed by atoms with Gasteiger partial charge in [0, 0.05) is 52.2 Å². The molecule has 170 valence electrons. The standard InChI is InChI=1S/C23H20Cl2N4O4/c1-15-3-8-21(9-18(15)12-26-2)27(13-16-4-6-19(24)10-22(16)28(30)31)14-17-5-7-20(25)11-23(17)29(32)33/h3-12,26H,1,13-14H2,2H3/b18-12-. The number of nitro groups is 2. The van der Waals surface area contributed by atoms with Crippen molar-refractivity contribution in [2.75, 3.05) is 11.9 Å². The van der Waals surface area contributed by atoms with E-state index in [1.165, 1.54) is 12.1 Å². The largest absolute Gasteiger partial charge is 0.393 e. The maximum Gasteiger partial charge on any atom is 0.275 e. The van der Waals surface area contributed by atoms with E-state index < -0.39 is 9.85 Å². The summed E-state index contributed by atoms with van der Waals surface area (Å²) in [5.74, 6) is 0. The van der Waals surface area contributed by atoms with Gasteiger partial charge in [-0.1, -0.05) is 35.8 Å². The predicted octanol–water partition coefficient (Wildman–Crippen LogP) is 4.38. The second-order valence-corrected chi connectivity index (χ2v) is 8.11. The van der Waals surface area contributed by atoms with Crippen molar-refractivity contribution in [2.45, 2.75) is 13.1 Å². The molecule has 3 rings (SSSR count). The Kier molecular flexibility index (Phi) is 7.52. The molecule has 0 bridgehead atoms. The van der Waals surface area contributed by atoms with E-state index in [2.05, 4.69) is 11.9 Å². The molecule has 10 heteroatoms. The van der Waals surface area contributed by atoms with Crippen LogP contribution in [0.1, 0.15) is 11.1 Å². The van der Waals surface area contributed by atoms with Crippen molar-refractivity contribution < 1.29 is 9.85 Å². The number of halogens is 2. The number of nitrogens with one attached hydrogen (secondary N) is 1. The van der Waals surface area contributed by atoms with Gasteiger partial charge in [-0.25, -0.2) is 0 Å². The van der Waals surface area contributed by atoms with Crippen molar-refractivity contribution in [1.29, 1.82) is 0 Å². The Labute approximate surface area is 199 Å². The molecule has 33 heavy (non-hydrogen) atoms. The number of hydrogen-bond acceptors (Lipinski definition) is 6. The highest BCUT2D eigenvalue weighted by Crippen LogP contribution is 2.30. The van der Waals surface area contributed by atoms with E-state index in [-0.39, 0.29) is 34.5 Å². The maximum atomic E-state index is 11.6. The highest BCUT2D eigenvalue weighted by molar-refractivity contribution is 6.31. The minimum absolute atomic E-state index is 0.114. The second-order valence-electron chi connectivity index (χ2n) is 7.23. The van der Waals surface area contributed by atoms with Crippen LogP contribution in [0.5, 0.6) is 0 Å². The van der Waals surface area contributed by atoms with Gasteiger partial charge in [0.1, 0.15) is 0 Å². The third-order valence-electron chi connectivity index (χ3n) is 5.00. The summed E-state index contributed by atoms with van der Waals surface area (Å²) in [7, 11) is 1.76. The lowest BCUT2D eigenvalue weighted by Gasteiger charge is -2.25. The molecule has 0 aliphatic heterocycles. The van der Waals surface area contributed by atoms with E-state index in [1.807, 2.05) is 23.1 Å². The van der Waals surface area contributed by atoms with Crippen molar-refractivity contribution >= 4 is 53.0 Å². The molecule has 0 aliphatic carbocycles. The molecule has 0 unspecified atom stereocenters.